The van der Waals surface area contributed by atoms with Gasteiger partial charge >= 0.3 is 0 Å². The molecule has 2 rings (SSSR count). The zero-order chi connectivity index (χ0) is 15.2. The van der Waals surface area contributed by atoms with Crippen LogP contribution in [0.1, 0.15) is 27.8 Å². The van der Waals surface area contributed by atoms with Gasteiger partial charge in [0, 0.05) is 0 Å². The Morgan fingerprint density at radius 1 is 0.905 bits per heavy atom. The summed E-state index contributed by atoms with van der Waals surface area (Å²) >= 11 is 0. The van der Waals surface area contributed by atoms with Crippen molar-refractivity contribution in [2.45, 2.75) is 33.6 Å². The molecule has 1 atom stereocenters. The van der Waals surface area contributed by atoms with E-state index in [1.165, 1.54) is 27.8 Å². The van der Waals surface area contributed by atoms with Gasteiger partial charge in [0.1, 0.15) is 0 Å². The van der Waals surface area contributed by atoms with E-state index in [-0.39, 0.29) is 0 Å². The summed E-state index contributed by atoms with van der Waals surface area (Å²) in [6.07, 6.45) is 2.28. The Morgan fingerprint density at radius 3 is 2.38 bits per heavy atom. The average Bonchev–Trinajstić information content (AvgIpc) is 2.43. The molecule has 21 heavy (non-hydrogen) atoms. The quantitative estimate of drug-likeness (QED) is 0.835. The van der Waals surface area contributed by atoms with Crippen LogP contribution in [0.15, 0.2) is 42.5 Å². The number of rotatable bonds is 6. The van der Waals surface area contributed by atoms with E-state index in [1.54, 1.807) is 0 Å². The highest BCUT2D eigenvalue weighted by Gasteiger charge is 2.12. The van der Waals surface area contributed by atoms with Gasteiger partial charge in [0.25, 0.3) is 0 Å². The first kappa shape index (κ1) is 15.8. The number of hydrogen-bond donors (Lipinski definition) is 1. The minimum atomic E-state index is 0.636. The van der Waals surface area contributed by atoms with Crippen molar-refractivity contribution in [3.63, 3.8) is 0 Å². The molecule has 0 bridgehead atoms. The predicted molar refractivity (Wildman–Crippen MR) is 91.9 cm³/mol. The lowest BCUT2D eigenvalue weighted by molar-refractivity contribution is 0.492. The van der Waals surface area contributed by atoms with E-state index in [9.17, 15) is 0 Å². The molecule has 0 fully saturated rings. The lowest BCUT2D eigenvalue weighted by atomic mass is 9.89. The smallest absolute Gasteiger partial charge is 0.00172 e. The molecule has 0 amide bonds. The van der Waals surface area contributed by atoms with Gasteiger partial charge in [-0.3, -0.25) is 0 Å². The molecule has 2 aromatic carbocycles. The van der Waals surface area contributed by atoms with Crippen LogP contribution in [0.25, 0.3) is 0 Å². The minimum Gasteiger partial charge on any atom is -0.319 e. The van der Waals surface area contributed by atoms with Gasteiger partial charge in [-0.1, -0.05) is 53.6 Å². The zero-order valence-electron chi connectivity index (χ0n) is 13.7. The molecule has 0 radical (unpaired) electrons. The normalized spacial score (nSPS) is 12.4. The molecule has 0 aliphatic heterocycles. The van der Waals surface area contributed by atoms with Crippen molar-refractivity contribution >= 4 is 0 Å². The van der Waals surface area contributed by atoms with Crippen LogP contribution in [0.2, 0.25) is 0 Å². The van der Waals surface area contributed by atoms with Crippen LogP contribution >= 0.6 is 0 Å². The van der Waals surface area contributed by atoms with Crippen molar-refractivity contribution in [1.29, 1.82) is 0 Å². The summed E-state index contributed by atoms with van der Waals surface area (Å²) in [6.45, 7) is 7.62. The number of nitrogens with one attached hydrogen (secondary N) is 1. The monoisotopic (exact) mass is 281 g/mol. The van der Waals surface area contributed by atoms with E-state index in [2.05, 4.69) is 68.6 Å². The first-order valence-corrected chi connectivity index (χ1v) is 7.84. The summed E-state index contributed by atoms with van der Waals surface area (Å²) in [7, 11) is 2.05. The van der Waals surface area contributed by atoms with Crippen LogP contribution in [0, 0.1) is 26.7 Å². The molecule has 0 heterocycles. The van der Waals surface area contributed by atoms with E-state index in [0.29, 0.717) is 5.92 Å². The predicted octanol–water partition coefficient (Wildman–Crippen LogP) is 4.23. The number of aryl methyl sites for hydroxylation is 3. The van der Waals surface area contributed by atoms with Crippen molar-refractivity contribution in [3.05, 3.63) is 70.3 Å². The molecule has 2 aromatic rings. The van der Waals surface area contributed by atoms with Gasteiger partial charge in [0.2, 0.25) is 0 Å². The third-order valence-electron chi connectivity index (χ3n) is 4.11. The zero-order valence-corrected chi connectivity index (χ0v) is 13.7. The summed E-state index contributed by atoms with van der Waals surface area (Å²) in [4.78, 5) is 0. The molecule has 0 aliphatic carbocycles. The Labute approximate surface area is 129 Å². The fourth-order valence-corrected chi connectivity index (χ4v) is 3.01. The van der Waals surface area contributed by atoms with E-state index >= 15 is 0 Å². The second-order valence-corrected chi connectivity index (χ2v) is 6.25. The van der Waals surface area contributed by atoms with Crippen LogP contribution in [0.3, 0.4) is 0 Å². The molecule has 1 unspecified atom stereocenters. The molecule has 0 saturated carbocycles. The Kier molecular flexibility index (Phi) is 5.58. The van der Waals surface area contributed by atoms with Crippen LogP contribution in [-0.4, -0.2) is 13.6 Å². The summed E-state index contributed by atoms with van der Waals surface area (Å²) in [5.41, 5.74) is 7.05. The Balaban J connectivity index is 2.13. The minimum absolute atomic E-state index is 0.636. The summed E-state index contributed by atoms with van der Waals surface area (Å²) in [6, 6.07) is 15.7. The Morgan fingerprint density at radius 2 is 1.67 bits per heavy atom. The standard InChI is InChI=1S/C20H27N/c1-15-6-5-7-18(10-15)12-19(14-21-4)13-20-11-16(2)8-9-17(20)3/h5-11,19,21H,12-14H2,1-4H3. The van der Waals surface area contributed by atoms with Gasteiger partial charge in [-0.25, -0.2) is 0 Å². The maximum Gasteiger partial charge on any atom is -0.00172 e. The molecule has 112 valence electrons. The molecule has 0 saturated heterocycles. The second kappa shape index (κ2) is 7.42. The third kappa shape index (κ3) is 4.71. The van der Waals surface area contributed by atoms with Crippen molar-refractivity contribution in [2.24, 2.45) is 5.92 Å². The van der Waals surface area contributed by atoms with Gasteiger partial charge < -0.3 is 5.32 Å². The highest BCUT2D eigenvalue weighted by Crippen LogP contribution is 2.19. The first-order chi connectivity index (χ1) is 10.1. The summed E-state index contributed by atoms with van der Waals surface area (Å²) < 4.78 is 0. The molecule has 1 nitrogen and oxygen atoms in total. The SMILES string of the molecule is CNCC(Cc1cccc(C)c1)Cc1cc(C)ccc1C. The van der Waals surface area contributed by atoms with E-state index in [0.717, 1.165) is 19.4 Å². The average molecular weight is 281 g/mol. The molecule has 0 aliphatic rings. The molecule has 0 aromatic heterocycles. The Hall–Kier alpha value is -1.60. The largest absolute Gasteiger partial charge is 0.319 e. The molecular weight excluding hydrogens is 254 g/mol. The van der Waals surface area contributed by atoms with Gasteiger partial charge in [0.15, 0.2) is 0 Å². The molecule has 0 spiro atoms. The lowest BCUT2D eigenvalue weighted by Crippen LogP contribution is -2.23. The van der Waals surface area contributed by atoms with Gasteiger partial charge in [-0.05, 0) is 69.8 Å². The molecule has 1 heteroatoms. The number of benzene rings is 2. The third-order valence-corrected chi connectivity index (χ3v) is 4.11. The van der Waals surface area contributed by atoms with Crippen LogP contribution in [0.4, 0.5) is 0 Å². The van der Waals surface area contributed by atoms with Crippen molar-refractivity contribution in [2.75, 3.05) is 13.6 Å². The first-order valence-electron chi connectivity index (χ1n) is 7.84. The fourth-order valence-electron chi connectivity index (χ4n) is 3.01. The maximum absolute atomic E-state index is 3.36. The van der Waals surface area contributed by atoms with Gasteiger partial charge in [0.05, 0.1) is 0 Å². The van der Waals surface area contributed by atoms with Crippen LogP contribution in [-0.2, 0) is 12.8 Å². The number of hydrogen-bond acceptors (Lipinski definition) is 1. The van der Waals surface area contributed by atoms with Crippen molar-refractivity contribution in [1.82, 2.24) is 5.32 Å². The maximum atomic E-state index is 3.36. The highest BCUT2D eigenvalue weighted by atomic mass is 14.8. The van der Waals surface area contributed by atoms with Crippen LogP contribution in [0.5, 0.6) is 0 Å². The van der Waals surface area contributed by atoms with E-state index < -0.39 is 0 Å². The van der Waals surface area contributed by atoms with Gasteiger partial charge in [-0.15, -0.1) is 0 Å². The topological polar surface area (TPSA) is 12.0 Å². The van der Waals surface area contributed by atoms with E-state index in [1.807, 2.05) is 7.05 Å². The van der Waals surface area contributed by atoms with Gasteiger partial charge in [-0.2, -0.15) is 0 Å². The van der Waals surface area contributed by atoms with Crippen LogP contribution < -0.4 is 5.32 Å². The lowest BCUT2D eigenvalue weighted by Gasteiger charge is -2.19. The summed E-state index contributed by atoms with van der Waals surface area (Å²) in [5.74, 6) is 0.636. The van der Waals surface area contributed by atoms with Crippen molar-refractivity contribution in [3.8, 4) is 0 Å². The fraction of sp³-hybridized carbons (Fsp3) is 0.400. The molecule has 1 N–H and O–H groups in total. The second-order valence-electron chi connectivity index (χ2n) is 6.25. The van der Waals surface area contributed by atoms with Crippen molar-refractivity contribution < 1.29 is 0 Å². The Bertz CT molecular complexity index is 586. The summed E-state index contributed by atoms with van der Waals surface area (Å²) in [5, 5.41) is 3.36. The molecular formula is C20H27N. The van der Waals surface area contributed by atoms with E-state index in [4.69, 9.17) is 0 Å². The highest BCUT2D eigenvalue weighted by molar-refractivity contribution is 5.31.